The topological polar surface area (TPSA) is 157 Å². The molecule has 3 rings (SSSR count). The molecule has 1 heterocycles. The highest BCUT2D eigenvalue weighted by molar-refractivity contribution is 7.93. The molecule has 0 aliphatic heterocycles. The summed E-state index contributed by atoms with van der Waals surface area (Å²) in [5.74, 6) is -0.591. The van der Waals surface area contributed by atoms with Crippen molar-refractivity contribution in [2.45, 2.75) is 40.7 Å². The Balaban J connectivity index is 1.74. The van der Waals surface area contributed by atoms with E-state index in [9.17, 15) is 31.7 Å². The molecule has 36 heavy (non-hydrogen) atoms. The van der Waals surface area contributed by atoms with Crippen LogP contribution in [0.2, 0.25) is 0 Å². The lowest BCUT2D eigenvalue weighted by Crippen LogP contribution is -2.32. The number of anilines is 1. The van der Waals surface area contributed by atoms with Gasteiger partial charge < -0.3 is 0 Å². The van der Waals surface area contributed by atoms with Gasteiger partial charge in [0.25, 0.3) is 11.6 Å². The Labute approximate surface area is 212 Å². The molecule has 14 heteroatoms. The van der Waals surface area contributed by atoms with Crippen molar-refractivity contribution in [3.63, 3.8) is 0 Å². The van der Waals surface area contributed by atoms with Crippen LogP contribution in [0.3, 0.4) is 0 Å². The number of non-ortho nitro benzene ring substituents is 1. The van der Waals surface area contributed by atoms with Crippen molar-refractivity contribution in [3.05, 3.63) is 70.4 Å². The molecule has 11 nitrogen and oxygen atoms in total. The summed E-state index contributed by atoms with van der Waals surface area (Å²) < 4.78 is 52.6. The standard InChI is InChI=1S/C22H24N4O7S3/c1-3-13-25(14-4-2)36(32,33)19-9-5-16(6-10-19)21(27)24-22-23-15-20(34-22)35(30,31)18-11-7-17(8-12-18)26(28)29/h5-12,15H,3-4,13-14H2,1-2H3,(H,23,24,27). The van der Waals surface area contributed by atoms with Gasteiger partial charge in [-0.15, -0.1) is 0 Å². The third kappa shape index (κ3) is 5.95. The number of rotatable bonds is 11. The average molecular weight is 553 g/mol. The first-order valence-corrected chi connectivity index (χ1v) is 14.6. The molecule has 0 aliphatic carbocycles. The number of amides is 1. The first kappa shape index (κ1) is 27.4. The van der Waals surface area contributed by atoms with E-state index in [1.807, 2.05) is 13.8 Å². The van der Waals surface area contributed by atoms with E-state index >= 15 is 0 Å². The minimum absolute atomic E-state index is 0.0225. The quantitative estimate of drug-likeness (QED) is 0.277. The number of benzene rings is 2. The van der Waals surface area contributed by atoms with Crippen molar-refractivity contribution in [1.82, 2.24) is 9.29 Å². The molecule has 0 atom stereocenters. The van der Waals surface area contributed by atoms with Gasteiger partial charge in [0, 0.05) is 30.8 Å². The van der Waals surface area contributed by atoms with Crippen molar-refractivity contribution in [2.75, 3.05) is 18.4 Å². The number of nitro groups is 1. The second-order valence-corrected chi connectivity index (χ2v) is 12.8. The molecule has 3 aromatic rings. The third-order valence-electron chi connectivity index (χ3n) is 5.03. The normalized spacial score (nSPS) is 12.0. The smallest absolute Gasteiger partial charge is 0.269 e. The first-order chi connectivity index (χ1) is 17.0. The van der Waals surface area contributed by atoms with Crippen LogP contribution in [-0.2, 0) is 19.9 Å². The summed E-state index contributed by atoms with van der Waals surface area (Å²) in [7, 11) is -7.68. The van der Waals surface area contributed by atoms with Crippen LogP contribution in [0.4, 0.5) is 10.8 Å². The summed E-state index contributed by atoms with van der Waals surface area (Å²) in [6.45, 7) is 4.58. The zero-order valence-corrected chi connectivity index (χ0v) is 21.9. The number of hydrogen-bond acceptors (Lipinski definition) is 9. The van der Waals surface area contributed by atoms with Gasteiger partial charge in [0.2, 0.25) is 19.9 Å². The average Bonchev–Trinajstić information content (AvgIpc) is 3.33. The summed E-state index contributed by atoms with van der Waals surface area (Å²) in [5, 5.41) is 13.3. The van der Waals surface area contributed by atoms with Gasteiger partial charge >= 0.3 is 0 Å². The Kier molecular flexibility index (Phi) is 8.55. The van der Waals surface area contributed by atoms with Crippen molar-refractivity contribution >= 4 is 47.9 Å². The van der Waals surface area contributed by atoms with Crippen LogP contribution in [0.1, 0.15) is 37.0 Å². The molecule has 192 valence electrons. The molecule has 1 aromatic heterocycles. The lowest BCUT2D eigenvalue weighted by Gasteiger charge is -2.21. The van der Waals surface area contributed by atoms with Crippen LogP contribution < -0.4 is 5.32 Å². The number of thiazole rings is 1. The molecule has 0 saturated heterocycles. The fourth-order valence-electron chi connectivity index (χ4n) is 3.25. The molecule has 0 radical (unpaired) electrons. The molecule has 0 unspecified atom stereocenters. The van der Waals surface area contributed by atoms with Gasteiger partial charge in [-0.2, -0.15) is 4.31 Å². The first-order valence-electron chi connectivity index (χ1n) is 10.9. The Morgan fingerprint density at radius 2 is 1.53 bits per heavy atom. The van der Waals surface area contributed by atoms with Crippen LogP contribution >= 0.6 is 11.3 Å². The number of nitro benzene ring substituents is 1. The van der Waals surface area contributed by atoms with Gasteiger partial charge in [0.05, 0.1) is 20.9 Å². The van der Waals surface area contributed by atoms with Crippen molar-refractivity contribution in [2.24, 2.45) is 0 Å². The molecular formula is C22H24N4O7S3. The number of aromatic nitrogens is 1. The van der Waals surface area contributed by atoms with E-state index in [-0.39, 0.29) is 30.4 Å². The van der Waals surface area contributed by atoms with Gasteiger partial charge in [-0.3, -0.25) is 20.2 Å². The molecule has 0 spiro atoms. The largest absolute Gasteiger partial charge is 0.298 e. The number of sulfone groups is 1. The second kappa shape index (κ2) is 11.2. The summed E-state index contributed by atoms with van der Waals surface area (Å²) in [6.07, 6.45) is 2.44. The summed E-state index contributed by atoms with van der Waals surface area (Å²) >= 11 is 0.723. The van der Waals surface area contributed by atoms with Gasteiger partial charge in [0.1, 0.15) is 4.21 Å². The van der Waals surface area contributed by atoms with Crippen molar-refractivity contribution in [1.29, 1.82) is 0 Å². The van der Waals surface area contributed by atoms with Crippen molar-refractivity contribution in [3.8, 4) is 0 Å². The van der Waals surface area contributed by atoms with Crippen molar-refractivity contribution < 1.29 is 26.6 Å². The summed E-state index contributed by atoms with van der Waals surface area (Å²) in [5.41, 5.74) is -0.0741. The zero-order chi connectivity index (χ0) is 26.5. The molecule has 0 bridgehead atoms. The molecule has 2 aromatic carbocycles. The molecule has 0 aliphatic rings. The Morgan fingerprint density at radius 3 is 2.06 bits per heavy atom. The third-order valence-corrected chi connectivity index (χ3v) is 10.1. The van der Waals surface area contributed by atoms with E-state index in [2.05, 4.69) is 10.3 Å². The Morgan fingerprint density at radius 1 is 0.972 bits per heavy atom. The Bertz CT molecular complexity index is 1440. The Hall–Kier alpha value is -3.20. The van der Waals surface area contributed by atoms with E-state index in [4.69, 9.17) is 0 Å². The maximum Gasteiger partial charge on any atom is 0.269 e. The van der Waals surface area contributed by atoms with Crippen LogP contribution in [-0.4, -0.2) is 50.0 Å². The summed E-state index contributed by atoms with van der Waals surface area (Å²) in [4.78, 5) is 26.6. The molecule has 1 N–H and O–H groups in total. The maximum atomic E-state index is 12.9. The lowest BCUT2D eigenvalue weighted by atomic mass is 10.2. The number of carbonyl (C=O) groups excluding carboxylic acids is 1. The second-order valence-electron chi connectivity index (χ2n) is 7.62. The number of carbonyl (C=O) groups is 1. The highest BCUT2D eigenvalue weighted by Gasteiger charge is 2.24. The van der Waals surface area contributed by atoms with E-state index in [0.29, 0.717) is 25.9 Å². The van der Waals surface area contributed by atoms with E-state index in [1.54, 1.807) is 0 Å². The SMILES string of the molecule is CCCN(CCC)S(=O)(=O)c1ccc(C(=O)Nc2ncc(S(=O)(=O)c3ccc([N+](=O)[O-])cc3)s2)cc1. The van der Waals surface area contributed by atoms with Crippen LogP contribution in [0.15, 0.2) is 68.7 Å². The number of hydrogen-bond donors (Lipinski definition) is 1. The fraction of sp³-hybridized carbons (Fsp3) is 0.273. The molecule has 0 saturated carbocycles. The minimum Gasteiger partial charge on any atom is -0.298 e. The lowest BCUT2D eigenvalue weighted by molar-refractivity contribution is -0.384. The number of nitrogens with zero attached hydrogens (tertiary/aromatic N) is 3. The molecule has 0 fully saturated rings. The zero-order valence-electron chi connectivity index (χ0n) is 19.4. The minimum atomic E-state index is -3.99. The van der Waals surface area contributed by atoms with Gasteiger partial charge in [-0.1, -0.05) is 25.2 Å². The van der Waals surface area contributed by atoms with E-state index < -0.39 is 30.7 Å². The summed E-state index contributed by atoms with van der Waals surface area (Å²) in [6, 6.07) is 9.89. The van der Waals surface area contributed by atoms with Gasteiger partial charge in [-0.25, -0.2) is 21.8 Å². The molecule has 1 amide bonds. The van der Waals surface area contributed by atoms with Gasteiger partial charge in [0.15, 0.2) is 5.13 Å². The van der Waals surface area contributed by atoms with E-state index in [1.165, 1.54) is 28.6 Å². The highest BCUT2D eigenvalue weighted by Crippen LogP contribution is 2.30. The predicted molar refractivity (Wildman–Crippen MR) is 134 cm³/mol. The van der Waals surface area contributed by atoms with Crippen LogP contribution in [0, 0.1) is 10.1 Å². The predicted octanol–water partition coefficient (Wildman–Crippen LogP) is 3.95. The monoisotopic (exact) mass is 552 g/mol. The van der Waals surface area contributed by atoms with Gasteiger partial charge in [-0.05, 0) is 49.2 Å². The van der Waals surface area contributed by atoms with Crippen LogP contribution in [0.5, 0.6) is 0 Å². The van der Waals surface area contributed by atoms with Crippen LogP contribution in [0.25, 0.3) is 0 Å². The number of nitrogens with one attached hydrogen (secondary N) is 1. The fourth-order valence-corrected chi connectivity index (χ4v) is 7.30. The highest BCUT2D eigenvalue weighted by atomic mass is 32.2. The maximum absolute atomic E-state index is 12.9. The van der Waals surface area contributed by atoms with E-state index in [0.717, 1.165) is 41.8 Å². The number of sulfonamides is 1. The molecular weight excluding hydrogens is 528 g/mol.